The molecule has 0 bridgehead atoms. The molecular formula is C17H18FN3O3. The zero-order chi connectivity index (χ0) is 17.7. The summed E-state index contributed by atoms with van der Waals surface area (Å²) in [6, 6.07) is 9.52. The molecule has 0 saturated heterocycles. The van der Waals surface area contributed by atoms with Crippen LogP contribution in [0.3, 0.4) is 0 Å². The maximum atomic E-state index is 13.0. The first-order valence-electron chi connectivity index (χ1n) is 7.52. The molecule has 0 radical (unpaired) electrons. The summed E-state index contributed by atoms with van der Waals surface area (Å²) in [5.74, 6) is -0.711. The molecular weight excluding hydrogens is 313 g/mol. The number of hydrogen-bond acceptors (Lipinski definition) is 4. The van der Waals surface area contributed by atoms with Gasteiger partial charge in [-0.05, 0) is 50.2 Å². The first kappa shape index (κ1) is 17.4. The summed E-state index contributed by atoms with van der Waals surface area (Å²) in [4.78, 5) is 30.8. The SMILES string of the molecule is CCN(CC)c1cccc(C(=O)N(C(=O)O)c2ccc(F)cc2)n1. The van der Waals surface area contributed by atoms with Crippen LogP contribution in [0.15, 0.2) is 42.5 Å². The van der Waals surface area contributed by atoms with Crippen LogP contribution in [0.1, 0.15) is 24.3 Å². The van der Waals surface area contributed by atoms with Crippen LogP contribution < -0.4 is 9.80 Å². The lowest BCUT2D eigenvalue weighted by Gasteiger charge is -2.21. The van der Waals surface area contributed by atoms with Crippen molar-refractivity contribution in [2.45, 2.75) is 13.8 Å². The van der Waals surface area contributed by atoms with E-state index in [-0.39, 0.29) is 11.4 Å². The number of carboxylic acid groups (broad SMARTS) is 1. The molecule has 0 saturated carbocycles. The zero-order valence-corrected chi connectivity index (χ0v) is 13.4. The van der Waals surface area contributed by atoms with Crippen molar-refractivity contribution in [1.82, 2.24) is 4.98 Å². The van der Waals surface area contributed by atoms with Crippen LogP contribution in [0.25, 0.3) is 0 Å². The summed E-state index contributed by atoms with van der Waals surface area (Å²) in [5, 5.41) is 9.37. The van der Waals surface area contributed by atoms with Crippen molar-refractivity contribution in [2.75, 3.05) is 22.9 Å². The van der Waals surface area contributed by atoms with Gasteiger partial charge in [0.25, 0.3) is 5.91 Å². The van der Waals surface area contributed by atoms with Gasteiger partial charge in [-0.25, -0.2) is 19.1 Å². The Morgan fingerprint density at radius 2 is 1.71 bits per heavy atom. The molecule has 6 nitrogen and oxygen atoms in total. The van der Waals surface area contributed by atoms with Gasteiger partial charge in [0.1, 0.15) is 17.3 Å². The van der Waals surface area contributed by atoms with E-state index in [0.29, 0.717) is 23.8 Å². The lowest BCUT2D eigenvalue weighted by Crippen LogP contribution is -2.36. The van der Waals surface area contributed by atoms with E-state index < -0.39 is 17.8 Å². The summed E-state index contributed by atoms with van der Waals surface area (Å²) in [5.41, 5.74) is 0.0649. The molecule has 0 atom stereocenters. The van der Waals surface area contributed by atoms with Crippen LogP contribution >= 0.6 is 0 Å². The highest BCUT2D eigenvalue weighted by atomic mass is 19.1. The first-order valence-corrected chi connectivity index (χ1v) is 7.52. The summed E-state index contributed by atoms with van der Waals surface area (Å²) >= 11 is 0. The number of benzene rings is 1. The van der Waals surface area contributed by atoms with Gasteiger partial charge in [-0.2, -0.15) is 0 Å². The fourth-order valence-electron chi connectivity index (χ4n) is 2.29. The number of hydrogen-bond donors (Lipinski definition) is 1. The minimum Gasteiger partial charge on any atom is -0.464 e. The molecule has 1 aromatic carbocycles. The fourth-order valence-corrected chi connectivity index (χ4v) is 2.29. The average molecular weight is 331 g/mol. The van der Waals surface area contributed by atoms with Gasteiger partial charge in [0.15, 0.2) is 0 Å². The smallest absolute Gasteiger partial charge is 0.419 e. The number of aromatic nitrogens is 1. The first-order chi connectivity index (χ1) is 11.5. The number of imide groups is 1. The lowest BCUT2D eigenvalue weighted by atomic mass is 10.2. The summed E-state index contributed by atoms with van der Waals surface area (Å²) in [7, 11) is 0. The average Bonchev–Trinajstić information content (AvgIpc) is 2.58. The molecule has 0 aliphatic rings. The second-order valence-corrected chi connectivity index (χ2v) is 4.95. The Labute approximate surface area is 139 Å². The molecule has 2 amide bonds. The van der Waals surface area contributed by atoms with Crippen LogP contribution in [0.4, 0.5) is 20.7 Å². The van der Waals surface area contributed by atoms with Crippen LogP contribution in [0.2, 0.25) is 0 Å². The molecule has 2 rings (SSSR count). The molecule has 0 aliphatic heterocycles. The molecule has 1 heterocycles. The van der Waals surface area contributed by atoms with Crippen molar-refractivity contribution < 1.29 is 19.1 Å². The van der Waals surface area contributed by atoms with Crippen molar-refractivity contribution in [3.05, 3.63) is 54.0 Å². The Kier molecular flexibility index (Phi) is 5.47. The molecule has 1 N–H and O–H groups in total. The Bertz CT molecular complexity index is 730. The van der Waals surface area contributed by atoms with Gasteiger partial charge in [0.2, 0.25) is 0 Å². The number of carbonyl (C=O) groups is 2. The van der Waals surface area contributed by atoms with E-state index in [1.807, 2.05) is 18.7 Å². The van der Waals surface area contributed by atoms with Crippen molar-refractivity contribution in [1.29, 1.82) is 0 Å². The van der Waals surface area contributed by atoms with Crippen LogP contribution in [0, 0.1) is 5.82 Å². The van der Waals surface area contributed by atoms with Crippen LogP contribution in [0.5, 0.6) is 0 Å². The highest BCUT2D eigenvalue weighted by Gasteiger charge is 2.25. The number of rotatable bonds is 5. The maximum Gasteiger partial charge on any atom is 0.419 e. The number of pyridine rings is 1. The number of anilines is 2. The number of halogens is 1. The third-order valence-electron chi connectivity index (χ3n) is 3.52. The van der Waals surface area contributed by atoms with Crippen molar-refractivity contribution in [3.8, 4) is 0 Å². The standard InChI is InChI=1S/C17H18FN3O3/c1-3-20(4-2)15-7-5-6-14(19-15)16(22)21(17(23)24)13-10-8-12(18)9-11-13/h5-11H,3-4H2,1-2H3,(H,23,24). The van der Waals surface area contributed by atoms with E-state index in [9.17, 15) is 19.1 Å². The van der Waals surface area contributed by atoms with Crippen LogP contribution in [-0.4, -0.2) is 35.2 Å². The van der Waals surface area contributed by atoms with Gasteiger partial charge in [0.05, 0.1) is 5.69 Å². The summed E-state index contributed by atoms with van der Waals surface area (Å²) in [6.07, 6.45) is -1.46. The zero-order valence-electron chi connectivity index (χ0n) is 13.4. The largest absolute Gasteiger partial charge is 0.464 e. The topological polar surface area (TPSA) is 73.7 Å². The van der Waals surface area contributed by atoms with Crippen molar-refractivity contribution >= 4 is 23.5 Å². The summed E-state index contributed by atoms with van der Waals surface area (Å²) < 4.78 is 13.0. The Morgan fingerprint density at radius 1 is 1.08 bits per heavy atom. The molecule has 2 aromatic rings. The highest BCUT2D eigenvalue weighted by molar-refractivity contribution is 6.18. The molecule has 0 aliphatic carbocycles. The van der Waals surface area contributed by atoms with Crippen LogP contribution in [-0.2, 0) is 0 Å². The van der Waals surface area contributed by atoms with E-state index in [2.05, 4.69) is 4.98 Å². The molecule has 126 valence electrons. The summed E-state index contributed by atoms with van der Waals surface area (Å²) in [6.45, 7) is 5.34. The lowest BCUT2D eigenvalue weighted by molar-refractivity contribution is 0.0978. The fraction of sp³-hybridized carbons (Fsp3) is 0.235. The predicted molar refractivity (Wildman–Crippen MR) is 89.0 cm³/mol. The molecule has 0 unspecified atom stereocenters. The van der Waals surface area contributed by atoms with E-state index >= 15 is 0 Å². The third-order valence-corrected chi connectivity index (χ3v) is 3.52. The minimum atomic E-state index is -1.46. The Morgan fingerprint density at radius 3 is 2.25 bits per heavy atom. The molecule has 7 heteroatoms. The molecule has 0 fully saturated rings. The van der Waals surface area contributed by atoms with Gasteiger partial charge >= 0.3 is 6.09 Å². The van der Waals surface area contributed by atoms with Gasteiger partial charge < -0.3 is 10.0 Å². The van der Waals surface area contributed by atoms with Gasteiger partial charge in [0, 0.05) is 13.1 Å². The maximum absolute atomic E-state index is 13.0. The quantitative estimate of drug-likeness (QED) is 0.909. The third kappa shape index (κ3) is 3.68. The molecule has 0 spiro atoms. The predicted octanol–water partition coefficient (Wildman–Crippen LogP) is 3.39. The van der Waals surface area contributed by atoms with E-state index in [4.69, 9.17) is 0 Å². The minimum absolute atomic E-state index is 0.00567. The van der Waals surface area contributed by atoms with Gasteiger partial charge in [-0.1, -0.05) is 6.07 Å². The van der Waals surface area contributed by atoms with Crippen molar-refractivity contribution in [2.24, 2.45) is 0 Å². The Balaban J connectivity index is 2.39. The Hall–Kier alpha value is -2.96. The number of nitrogens with zero attached hydrogens (tertiary/aromatic N) is 3. The van der Waals surface area contributed by atoms with Gasteiger partial charge in [-0.3, -0.25) is 4.79 Å². The molecule has 24 heavy (non-hydrogen) atoms. The van der Waals surface area contributed by atoms with E-state index in [0.717, 1.165) is 12.1 Å². The normalized spacial score (nSPS) is 10.3. The molecule has 1 aromatic heterocycles. The van der Waals surface area contributed by atoms with E-state index in [1.165, 1.54) is 18.2 Å². The number of carbonyl (C=O) groups excluding carboxylic acids is 1. The highest BCUT2D eigenvalue weighted by Crippen LogP contribution is 2.19. The number of amides is 2. The second kappa shape index (κ2) is 7.54. The van der Waals surface area contributed by atoms with Gasteiger partial charge in [-0.15, -0.1) is 0 Å². The second-order valence-electron chi connectivity index (χ2n) is 4.95. The van der Waals surface area contributed by atoms with Crippen molar-refractivity contribution in [3.63, 3.8) is 0 Å². The monoisotopic (exact) mass is 331 g/mol. The van der Waals surface area contributed by atoms with E-state index in [1.54, 1.807) is 12.1 Å².